The second-order valence-corrected chi connectivity index (χ2v) is 8.29. The van der Waals surface area contributed by atoms with E-state index in [1.54, 1.807) is 0 Å². The monoisotopic (exact) mass is 395 g/mol. The third-order valence-electron chi connectivity index (χ3n) is 4.63. The first-order valence-electron chi connectivity index (χ1n) is 8.54. The molecule has 136 valence electrons. The second kappa shape index (κ2) is 7.29. The number of rotatable bonds is 4. The van der Waals surface area contributed by atoms with E-state index in [4.69, 9.17) is 5.11 Å². The Morgan fingerprint density at radius 1 is 1.11 bits per heavy atom. The summed E-state index contributed by atoms with van der Waals surface area (Å²) in [6.07, 6.45) is 1.83. The molecule has 0 bridgehead atoms. The molecule has 1 saturated heterocycles. The molecular weight excluding hydrogens is 378 g/mol. The van der Waals surface area contributed by atoms with Crippen molar-refractivity contribution in [3.63, 3.8) is 0 Å². The maximum absolute atomic E-state index is 12.8. The maximum Gasteiger partial charge on any atom is 0.305 e. The minimum atomic E-state index is -0.925. The van der Waals surface area contributed by atoms with Crippen molar-refractivity contribution in [3.05, 3.63) is 65.1 Å². The number of thiol groups is 1. The van der Waals surface area contributed by atoms with E-state index in [0.717, 1.165) is 27.1 Å². The van der Waals surface area contributed by atoms with E-state index >= 15 is 0 Å². The van der Waals surface area contributed by atoms with Gasteiger partial charge in [0.05, 0.1) is 11.3 Å². The number of nitrogens with zero attached hydrogens (tertiary/aromatic N) is 1. The van der Waals surface area contributed by atoms with Gasteiger partial charge in [0.15, 0.2) is 0 Å². The highest BCUT2D eigenvalue weighted by Gasteiger charge is 2.34. The van der Waals surface area contributed by atoms with Gasteiger partial charge in [-0.15, -0.1) is 12.6 Å². The van der Waals surface area contributed by atoms with Crippen LogP contribution in [-0.4, -0.2) is 33.1 Å². The Kier molecular flexibility index (Phi) is 4.85. The number of carboxylic acid groups (broad SMARTS) is 1. The summed E-state index contributed by atoms with van der Waals surface area (Å²) in [6, 6.07) is 18.4. The first kappa shape index (κ1) is 17.9. The van der Waals surface area contributed by atoms with Gasteiger partial charge in [-0.3, -0.25) is 9.59 Å². The summed E-state index contributed by atoms with van der Waals surface area (Å²) in [5.74, 6) is -1.09. The lowest BCUT2D eigenvalue weighted by Crippen LogP contribution is -2.31. The Balaban J connectivity index is 1.82. The van der Waals surface area contributed by atoms with Gasteiger partial charge in [0.1, 0.15) is 4.71 Å². The van der Waals surface area contributed by atoms with E-state index in [2.05, 4.69) is 43.0 Å². The molecule has 0 radical (unpaired) electrons. The van der Waals surface area contributed by atoms with Crippen molar-refractivity contribution in [3.8, 4) is 0 Å². The van der Waals surface area contributed by atoms with Crippen LogP contribution in [-0.2, 0) is 9.59 Å². The Morgan fingerprint density at radius 2 is 1.70 bits per heavy atom. The highest BCUT2D eigenvalue weighted by molar-refractivity contribution is 8.14. The number of carbonyl (C=O) groups excluding carboxylic acids is 1. The Labute approximate surface area is 166 Å². The zero-order chi connectivity index (χ0) is 19.0. The lowest BCUT2D eigenvalue weighted by Gasteiger charge is -2.17. The number of carbonyl (C=O) groups is 2. The zero-order valence-electron chi connectivity index (χ0n) is 14.3. The first-order chi connectivity index (χ1) is 13.0. The van der Waals surface area contributed by atoms with Gasteiger partial charge in [-0.05, 0) is 39.3 Å². The minimum Gasteiger partial charge on any atom is -0.481 e. The summed E-state index contributed by atoms with van der Waals surface area (Å²) in [5.41, 5.74) is 1.00. The first-order valence-corrected chi connectivity index (χ1v) is 9.94. The molecule has 0 aliphatic carbocycles. The third kappa shape index (κ3) is 3.42. The standard InChI is InChI=1S/C21H17NO3S2/c23-19(24)9-10-22-20(25)18(27-21(22)26)12-17-15-7-3-1-5-13(15)11-14-6-2-4-8-16(14)17/h1-8,11-12,21,26H,9-10H2,(H,23,24)/b18-12+. The largest absolute Gasteiger partial charge is 0.481 e. The predicted molar refractivity (Wildman–Crippen MR) is 114 cm³/mol. The third-order valence-corrected chi connectivity index (χ3v) is 6.23. The average Bonchev–Trinajstić information content (AvgIpc) is 2.92. The molecule has 0 spiro atoms. The molecule has 1 heterocycles. The van der Waals surface area contributed by atoms with Crippen LogP contribution in [0, 0.1) is 0 Å². The van der Waals surface area contributed by atoms with Gasteiger partial charge in [-0.2, -0.15) is 0 Å². The lowest BCUT2D eigenvalue weighted by molar-refractivity contribution is -0.137. The van der Waals surface area contributed by atoms with E-state index in [-0.39, 0.29) is 23.6 Å². The lowest BCUT2D eigenvalue weighted by atomic mass is 9.96. The van der Waals surface area contributed by atoms with Gasteiger partial charge in [-0.25, -0.2) is 0 Å². The number of carboxylic acids is 1. The Morgan fingerprint density at radius 3 is 2.30 bits per heavy atom. The molecule has 4 rings (SSSR count). The van der Waals surface area contributed by atoms with Crippen molar-refractivity contribution in [2.24, 2.45) is 0 Å². The SMILES string of the molecule is O=C(O)CCN1C(=O)/C(=C\c2c3ccccc3cc3ccccc23)SC1S. The molecule has 3 aromatic rings. The summed E-state index contributed by atoms with van der Waals surface area (Å²) >= 11 is 5.81. The predicted octanol–water partition coefficient (Wildman–Crippen LogP) is 4.60. The molecule has 27 heavy (non-hydrogen) atoms. The molecule has 1 atom stereocenters. The molecule has 1 aliphatic rings. The van der Waals surface area contributed by atoms with Crippen LogP contribution in [0.25, 0.3) is 27.6 Å². The summed E-state index contributed by atoms with van der Waals surface area (Å²) in [7, 11) is 0. The number of hydrogen-bond donors (Lipinski definition) is 2. The van der Waals surface area contributed by atoms with Crippen molar-refractivity contribution in [2.75, 3.05) is 6.54 Å². The normalized spacial score (nSPS) is 18.7. The van der Waals surface area contributed by atoms with Gasteiger partial charge >= 0.3 is 5.97 Å². The van der Waals surface area contributed by atoms with Crippen molar-refractivity contribution in [2.45, 2.75) is 11.1 Å². The minimum absolute atomic E-state index is 0.0894. The molecule has 0 aromatic heterocycles. The van der Waals surface area contributed by atoms with Gasteiger partial charge in [0.25, 0.3) is 5.91 Å². The van der Waals surface area contributed by atoms with Crippen LogP contribution in [0.5, 0.6) is 0 Å². The van der Waals surface area contributed by atoms with Gasteiger partial charge in [0, 0.05) is 6.54 Å². The quantitative estimate of drug-likeness (QED) is 0.385. The summed E-state index contributed by atoms with van der Waals surface area (Å²) in [6.45, 7) is 0.156. The van der Waals surface area contributed by atoms with Crippen LogP contribution in [0.2, 0.25) is 0 Å². The number of thioether (sulfide) groups is 1. The number of amides is 1. The highest BCUT2D eigenvalue weighted by Crippen LogP contribution is 2.40. The van der Waals surface area contributed by atoms with E-state index in [1.165, 1.54) is 16.7 Å². The topological polar surface area (TPSA) is 57.6 Å². The number of hydrogen-bond acceptors (Lipinski definition) is 4. The second-order valence-electron chi connectivity index (χ2n) is 6.33. The van der Waals surface area contributed by atoms with Gasteiger partial charge in [0.2, 0.25) is 0 Å². The molecule has 1 amide bonds. The van der Waals surface area contributed by atoms with E-state index in [1.807, 2.05) is 30.3 Å². The van der Waals surface area contributed by atoms with Gasteiger partial charge in [-0.1, -0.05) is 60.3 Å². The van der Waals surface area contributed by atoms with Crippen molar-refractivity contribution < 1.29 is 14.7 Å². The Hall–Kier alpha value is -2.44. The van der Waals surface area contributed by atoms with Crippen molar-refractivity contribution in [1.82, 2.24) is 4.90 Å². The molecule has 1 aliphatic heterocycles. The molecule has 0 saturated carbocycles. The molecule has 4 nitrogen and oxygen atoms in total. The number of fused-ring (bicyclic) bond motifs is 2. The fourth-order valence-corrected chi connectivity index (χ4v) is 4.85. The Bertz CT molecular complexity index is 1040. The molecule has 1 fully saturated rings. The van der Waals surface area contributed by atoms with Crippen molar-refractivity contribution in [1.29, 1.82) is 0 Å². The number of aliphatic carboxylic acids is 1. The molecule has 6 heteroatoms. The van der Waals surface area contributed by atoms with Crippen LogP contribution >= 0.6 is 24.4 Å². The van der Waals surface area contributed by atoms with E-state index < -0.39 is 5.97 Å². The molecule has 1 N–H and O–H groups in total. The van der Waals surface area contributed by atoms with Crippen LogP contribution in [0.3, 0.4) is 0 Å². The van der Waals surface area contributed by atoms with Crippen LogP contribution in [0.15, 0.2) is 59.5 Å². The van der Waals surface area contributed by atoms with E-state index in [9.17, 15) is 9.59 Å². The highest BCUT2D eigenvalue weighted by atomic mass is 32.2. The van der Waals surface area contributed by atoms with Crippen molar-refractivity contribution >= 4 is 63.9 Å². The smallest absolute Gasteiger partial charge is 0.305 e. The fraction of sp³-hybridized carbons (Fsp3) is 0.143. The summed E-state index contributed by atoms with van der Waals surface area (Å²) < 4.78 is -0.371. The van der Waals surface area contributed by atoms with Gasteiger partial charge < -0.3 is 10.0 Å². The fourth-order valence-electron chi connectivity index (χ4n) is 3.33. The summed E-state index contributed by atoms with van der Waals surface area (Å²) in [5, 5.41) is 13.3. The van der Waals surface area contributed by atoms with Crippen LogP contribution < -0.4 is 0 Å². The summed E-state index contributed by atoms with van der Waals surface area (Å²) in [4.78, 5) is 25.7. The molecule has 3 aromatic carbocycles. The average molecular weight is 396 g/mol. The zero-order valence-corrected chi connectivity index (χ0v) is 16.0. The van der Waals surface area contributed by atoms with Crippen LogP contribution in [0.4, 0.5) is 0 Å². The molecular formula is C21H17NO3S2. The van der Waals surface area contributed by atoms with Crippen LogP contribution in [0.1, 0.15) is 12.0 Å². The maximum atomic E-state index is 12.8. The van der Waals surface area contributed by atoms with E-state index in [0.29, 0.717) is 4.91 Å². The molecule has 1 unspecified atom stereocenters. The number of benzene rings is 3.